The molecule has 0 aliphatic carbocycles. The molecule has 1 aliphatic heterocycles. The maximum atomic E-state index is 12.8. The number of benzene rings is 2. The maximum Gasteiger partial charge on any atom is 0.260 e. The maximum absolute atomic E-state index is 12.8. The Kier molecular flexibility index (Phi) is 8.36. The highest BCUT2D eigenvalue weighted by molar-refractivity contribution is 5.79. The van der Waals surface area contributed by atoms with Crippen LogP contribution in [0.15, 0.2) is 42.5 Å². The molecule has 1 aliphatic rings. The highest BCUT2D eigenvalue weighted by atomic mass is 16.5. The van der Waals surface area contributed by atoms with Crippen molar-refractivity contribution in [3.8, 4) is 17.2 Å². The molecule has 1 fully saturated rings. The minimum atomic E-state index is -0.0507. The van der Waals surface area contributed by atoms with Crippen LogP contribution in [0.25, 0.3) is 0 Å². The summed E-state index contributed by atoms with van der Waals surface area (Å²) in [4.78, 5) is 29.0. The Hall–Kier alpha value is -3.22. The van der Waals surface area contributed by atoms with E-state index >= 15 is 0 Å². The fourth-order valence-corrected chi connectivity index (χ4v) is 3.73. The van der Waals surface area contributed by atoms with E-state index in [0.29, 0.717) is 56.3 Å². The number of nitrogens with zero attached hydrogens (tertiary/aromatic N) is 2. The average molecular weight is 441 g/mol. The normalized spacial score (nSPS) is 14.0. The van der Waals surface area contributed by atoms with E-state index in [0.717, 1.165) is 17.5 Å². The number of rotatable bonds is 8. The molecule has 0 radical (unpaired) electrons. The topological polar surface area (TPSA) is 68.3 Å². The number of methoxy groups -OCH3 is 2. The van der Waals surface area contributed by atoms with Crippen molar-refractivity contribution in [3.05, 3.63) is 53.6 Å². The van der Waals surface area contributed by atoms with Crippen molar-refractivity contribution in [1.82, 2.24) is 9.80 Å². The lowest BCUT2D eigenvalue weighted by Gasteiger charge is -2.22. The zero-order valence-corrected chi connectivity index (χ0v) is 19.1. The first-order chi connectivity index (χ1) is 15.5. The van der Waals surface area contributed by atoms with Crippen molar-refractivity contribution in [3.63, 3.8) is 0 Å². The minimum Gasteiger partial charge on any atom is -0.493 e. The van der Waals surface area contributed by atoms with Gasteiger partial charge in [0.2, 0.25) is 5.91 Å². The molecule has 0 unspecified atom stereocenters. The van der Waals surface area contributed by atoms with Crippen LogP contribution in [0.4, 0.5) is 0 Å². The van der Waals surface area contributed by atoms with Crippen molar-refractivity contribution in [2.24, 2.45) is 0 Å². The smallest absolute Gasteiger partial charge is 0.260 e. The SMILES string of the molecule is COc1ccc(CCC(=O)N2CCCN(C(=O)COc3ccc(C)cc3)CC2)cc1OC. The first-order valence-electron chi connectivity index (χ1n) is 11.0. The zero-order valence-electron chi connectivity index (χ0n) is 19.1. The third-order valence-electron chi connectivity index (χ3n) is 5.66. The largest absolute Gasteiger partial charge is 0.493 e. The molecular formula is C25H32N2O5. The van der Waals surface area contributed by atoms with Crippen LogP contribution in [-0.4, -0.2) is 68.6 Å². The molecule has 1 heterocycles. The molecule has 0 atom stereocenters. The fourth-order valence-electron chi connectivity index (χ4n) is 3.73. The summed E-state index contributed by atoms with van der Waals surface area (Å²) in [5, 5.41) is 0. The van der Waals surface area contributed by atoms with Crippen LogP contribution >= 0.6 is 0 Å². The molecule has 3 rings (SSSR count). The summed E-state index contributed by atoms with van der Waals surface area (Å²) in [7, 11) is 3.20. The number of carbonyl (C=O) groups is 2. The first kappa shape index (κ1) is 23.4. The van der Waals surface area contributed by atoms with Crippen LogP contribution in [0.3, 0.4) is 0 Å². The van der Waals surface area contributed by atoms with Crippen molar-refractivity contribution in [2.45, 2.75) is 26.2 Å². The van der Waals surface area contributed by atoms with Crippen molar-refractivity contribution >= 4 is 11.8 Å². The van der Waals surface area contributed by atoms with Gasteiger partial charge in [-0.05, 0) is 49.6 Å². The van der Waals surface area contributed by atoms with E-state index in [1.54, 1.807) is 19.1 Å². The van der Waals surface area contributed by atoms with Crippen LogP contribution in [0.5, 0.6) is 17.2 Å². The number of ether oxygens (including phenoxy) is 3. The van der Waals surface area contributed by atoms with Gasteiger partial charge >= 0.3 is 0 Å². The summed E-state index contributed by atoms with van der Waals surface area (Å²) in [6.07, 6.45) is 1.81. The second kappa shape index (κ2) is 11.4. The third-order valence-corrected chi connectivity index (χ3v) is 5.66. The van der Waals surface area contributed by atoms with Crippen LogP contribution in [0.2, 0.25) is 0 Å². The van der Waals surface area contributed by atoms with Crippen LogP contribution in [0, 0.1) is 6.92 Å². The van der Waals surface area contributed by atoms with Crippen molar-refractivity contribution in [1.29, 1.82) is 0 Å². The Morgan fingerprint density at radius 1 is 0.844 bits per heavy atom. The fraction of sp³-hybridized carbons (Fsp3) is 0.440. The Labute approximate surface area is 189 Å². The summed E-state index contributed by atoms with van der Waals surface area (Å²) in [5.41, 5.74) is 2.17. The summed E-state index contributed by atoms with van der Waals surface area (Å²) in [5.74, 6) is 2.07. The Bertz CT molecular complexity index is 913. The van der Waals surface area contributed by atoms with E-state index in [1.807, 2.05) is 54.3 Å². The highest BCUT2D eigenvalue weighted by Crippen LogP contribution is 2.28. The van der Waals surface area contributed by atoms with E-state index in [4.69, 9.17) is 14.2 Å². The van der Waals surface area contributed by atoms with Gasteiger partial charge in [-0.3, -0.25) is 9.59 Å². The summed E-state index contributed by atoms with van der Waals surface area (Å²) in [6, 6.07) is 13.4. The summed E-state index contributed by atoms with van der Waals surface area (Å²) < 4.78 is 16.2. The Morgan fingerprint density at radius 3 is 2.16 bits per heavy atom. The van der Waals surface area contributed by atoms with E-state index in [-0.39, 0.29) is 18.4 Å². The molecule has 32 heavy (non-hydrogen) atoms. The predicted molar refractivity (Wildman–Crippen MR) is 122 cm³/mol. The van der Waals surface area contributed by atoms with Gasteiger partial charge in [0.1, 0.15) is 5.75 Å². The monoisotopic (exact) mass is 440 g/mol. The van der Waals surface area contributed by atoms with Gasteiger partial charge in [-0.1, -0.05) is 23.8 Å². The first-order valence-corrected chi connectivity index (χ1v) is 11.0. The molecule has 2 aromatic carbocycles. The molecule has 7 heteroatoms. The number of carbonyl (C=O) groups excluding carboxylic acids is 2. The molecule has 0 aromatic heterocycles. The number of hydrogen-bond acceptors (Lipinski definition) is 5. The van der Waals surface area contributed by atoms with Crippen molar-refractivity contribution in [2.75, 3.05) is 47.0 Å². The number of aryl methyl sites for hydroxylation is 2. The van der Waals surface area contributed by atoms with E-state index in [1.165, 1.54) is 0 Å². The van der Waals surface area contributed by atoms with Crippen LogP contribution in [0.1, 0.15) is 24.0 Å². The molecule has 2 aromatic rings. The minimum absolute atomic E-state index is 0.0102. The molecular weight excluding hydrogens is 408 g/mol. The Balaban J connectivity index is 1.46. The zero-order chi connectivity index (χ0) is 22.9. The molecule has 0 saturated carbocycles. The van der Waals surface area contributed by atoms with Crippen LogP contribution < -0.4 is 14.2 Å². The van der Waals surface area contributed by atoms with Gasteiger partial charge in [0.05, 0.1) is 14.2 Å². The molecule has 0 N–H and O–H groups in total. The molecule has 0 spiro atoms. The number of amides is 2. The lowest BCUT2D eigenvalue weighted by atomic mass is 10.1. The lowest BCUT2D eigenvalue weighted by Crippen LogP contribution is -2.39. The van der Waals surface area contributed by atoms with Crippen molar-refractivity contribution < 1.29 is 23.8 Å². The average Bonchev–Trinajstić information content (AvgIpc) is 3.08. The van der Waals surface area contributed by atoms with Gasteiger partial charge in [0, 0.05) is 32.6 Å². The van der Waals surface area contributed by atoms with Gasteiger partial charge in [-0.15, -0.1) is 0 Å². The lowest BCUT2D eigenvalue weighted by molar-refractivity contribution is -0.134. The van der Waals surface area contributed by atoms with Gasteiger partial charge in [-0.2, -0.15) is 0 Å². The predicted octanol–water partition coefficient (Wildman–Crippen LogP) is 3.08. The Morgan fingerprint density at radius 2 is 1.50 bits per heavy atom. The molecule has 7 nitrogen and oxygen atoms in total. The second-order valence-corrected chi connectivity index (χ2v) is 7.91. The molecule has 2 amide bonds. The van der Waals surface area contributed by atoms with Gasteiger partial charge in [0.15, 0.2) is 18.1 Å². The molecule has 0 bridgehead atoms. The van der Waals surface area contributed by atoms with E-state index < -0.39 is 0 Å². The van der Waals surface area contributed by atoms with Gasteiger partial charge in [-0.25, -0.2) is 0 Å². The van der Waals surface area contributed by atoms with Gasteiger partial charge < -0.3 is 24.0 Å². The van der Waals surface area contributed by atoms with E-state index in [2.05, 4.69) is 0 Å². The standard InChI is InChI=1S/C25H32N2O5/c1-19-5-9-21(10-6-19)32-18-25(29)27-14-4-13-26(15-16-27)24(28)12-8-20-7-11-22(30-2)23(17-20)31-3/h5-7,9-11,17H,4,8,12-16,18H2,1-3H3. The molecule has 1 saturated heterocycles. The van der Waals surface area contributed by atoms with Gasteiger partial charge in [0.25, 0.3) is 5.91 Å². The third kappa shape index (κ3) is 6.39. The summed E-state index contributed by atoms with van der Waals surface area (Å²) >= 11 is 0. The van der Waals surface area contributed by atoms with E-state index in [9.17, 15) is 9.59 Å². The second-order valence-electron chi connectivity index (χ2n) is 7.91. The quantitative estimate of drug-likeness (QED) is 0.631. The highest BCUT2D eigenvalue weighted by Gasteiger charge is 2.22. The number of hydrogen-bond donors (Lipinski definition) is 0. The summed E-state index contributed by atoms with van der Waals surface area (Å²) in [6.45, 7) is 4.38. The van der Waals surface area contributed by atoms with Crippen LogP contribution in [-0.2, 0) is 16.0 Å². The molecule has 172 valence electrons.